The van der Waals surface area contributed by atoms with Crippen molar-refractivity contribution < 1.29 is 19.0 Å². The maximum atomic E-state index is 14.0. The van der Waals surface area contributed by atoms with Crippen molar-refractivity contribution in [3.63, 3.8) is 0 Å². The lowest BCUT2D eigenvalue weighted by molar-refractivity contribution is -0.139. The molecule has 38 heavy (non-hydrogen) atoms. The van der Waals surface area contributed by atoms with Gasteiger partial charge < -0.3 is 14.2 Å². The third-order valence-electron chi connectivity index (χ3n) is 5.94. The monoisotopic (exact) mass is 618 g/mol. The molecule has 1 aliphatic rings. The largest absolute Gasteiger partial charge is 0.496 e. The second kappa shape index (κ2) is 12.3. The molecule has 0 radical (unpaired) electrons. The van der Waals surface area contributed by atoms with Crippen LogP contribution in [0.3, 0.4) is 0 Å². The van der Waals surface area contributed by atoms with E-state index in [4.69, 9.17) is 30.8 Å². The molecule has 10 heteroatoms. The van der Waals surface area contributed by atoms with Crippen molar-refractivity contribution in [2.24, 2.45) is 4.99 Å². The topological polar surface area (TPSA) is 79.1 Å². The highest BCUT2D eigenvalue weighted by molar-refractivity contribution is 9.10. The van der Waals surface area contributed by atoms with Crippen LogP contribution in [0, 0.1) is 0 Å². The van der Waals surface area contributed by atoms with Crippen molar-refractivity contribution in [2.45, 2.75) is 39.7 Å². The van der Waals surface area contributed by atoms with Gasteiger partial charge in [0.15, 0.2) is 4.80 Å². The van der Waals surface area contributed by atoms with Gasteiger partial charge in [-0.25, -0.2) is 9.79 Å². The van der Waals surface area contributed by atoms with Crippen molar-refractivity contribution in [1.82, 2.24) is 4.57 Å². The van der Waals surface area contributed by atoms with Gasteiger partial charge in [-0.15, -0.1) is 0 Å². The van der Waals surface area contributed by atoms with Gasteiger partial charge in [0.2, 0.25) is 0 Å². The minimum atomic E-state index is -0.785. The third-order valence-corrected chi connectivity index (χ3v) is 7.65. The number of halogens is 2. The molecule has 0 N–H and O–H groups in total. The van der Waals surface area contributed by atoms with Gasteiger partial charge in [-0.05, 0) is 62.7 Å². The zero-order valence-corrected chi connectivity index (χ0v) is 24.7. The van der Waals surface area contributed by atoms with Gasteiger partial charge in [0, 0.05) is 20.6 Å². The van der Waals surface area contributed by atoms with E-state index in [0.717, 1.165) is 10.9 Å². The predicted molar refractivity (Wildman–Crippen MR) is 153 cm³/mol. The number of aromatic nitrogens is 1. The molecule has 0 spiro atoms. The standard InChI is InChI=1S/C28H28BrClN2O5S/c1-5-8-20-24(27(34)37-7-3)25(19-15-17(29)9-11-22(19)35-4)32-26(33)23(38-28(32)31-20)14-16-13-18(30)10-12-21(16)36-6-2/h9-15,25H,5-8H2,1-4H3/b23-14+/t25-/m1/s1. The van der Waals surface area contributed by atoms with Gasteiger partial charge in [-0.1, -0.05) is 52.2 Å². The number of ether oxygens (including phenoxy) is 3. The fourth-order valence-corrected chi connectivity index (χ4v) is 5.96. The summed E-state index contributed by atoms with van der Waals surface area (Å²) in [6.07, 6.45) is 3.07. The van der Waals surface area contributed by atoms with Crippen LogP contribution in [0.15, 0.2) is 61.9 Å². The molecule has 0 fully saturated rings. The Morgan fingerprint density at radius 3 is 2.61 bits per heavy atom. The lowest BCUT2D eigenvalue weighted by Gasteiger charge is -2.27. The van der Waals surface area contributed by atoms with Crippen LogP contribution in [0.1, 0.15) is 50.8 Å². The molecule has 3 aromatic rings. The number of esters is 1. The highest BCUT2D eigenvalue weighted by atomic mass is 79.9. The Kier molecular flexibility index (Phi) is 9.12. The number of fused-ring (bicyclic) bond motifs is 1. The van der Waals surface area contributed by atoms with Crippen molar-refractivity contribution in [3.05, 3.63) is 88.0 Å². The Morgan fingerprint density at radius 1 is 1.16 bits per heavy atom. The number of nitrogens with zero attached hydrogens (tertiary/aromatic N) is 2. The van der Waals surface area contributed by atoms with Crippen LogP contribution in [-0.2, 0) is 9.53 Å². The van der Waals surface area contributed by atoms with Crippen LogP contribution in [-0.4, -0.2) is 30.9 Å². The first-order chi connectivity index (χ1) is 18.3. The lowest BCUT2D eigenvalue weighted by Crippen LogP contribution is -2.40. The number of hydrogen-bond donors (Lipinski definition) is 0. The molecule has 0 aliphatic carbocycles. The molecular weight excluding hydrogens is 592 g/mol. The molecule has 2 aromatic carbocycles. The summed E-state index contributed by atoms with van der Waals surface area (Å²) in [4.78, 5) is 32.7. The maximum absolute atomic E-state index is 14.0. The Hall–Kier alpha value is -2.88. The van der Waals surface area contributed by atoms with Crippen molar-refractivity contribution in [1.29, 1.82) is 0 Å². The molecule has 1 aromatic heterocycles. The molecule has 4 rings (SSSR count). The van der Waals surface area contributed by atoms with Gasteiger partial charge in [0.05, 0.1) is 36.1 Å². The smallest absolute Gasteiger partial charge is 0.338 e. The summed E-state index contributed by atoms with van der Waals surface area (Å²) in [5.41, 5.74) is 1.98. The van der Waals surface area contributed by atoms with E-state index in [1.165, 1.54) is 11.3 Å². The Bertz CT molecular complexity index is 1580. The number of allylic oxidation sites excluding steroid dienone is 1. The van der Waals surface area contributed by atoms with E-state index >= 15 is 0 Å². The average Bonchev–Trinajstić information content (AvgIpc) is 3.19. The number of methoxy groups -OCH3 is 1. The Morgan fingerprint density at radius 2 is 1.92 bits per heavy atom. The molecule has 7 nitrogen and oxygen atoms in total. The fraction of sp³-hybridized carbons (Fsp3) is 0.321. The molecule has 0 bridgehead atoms. The number of hydrogen-bond acceptors (Lipinski definition) is 7. The first-order valence-corrected chi connectivity index (χ1v) is 14.3. The SMILES string of the molecule is CCCC1=C(C(=O)OCC)[C@@H](c2cc(Br)ccc2OC)n2c(s/c(=C/c3cc(Cl)ccc3OCC)c2=O)=N1. The molecule has 0 saturated heterocycles. The van der Waals surface area contributed by atoms with E-state index in [1.807, 2.05) is 26.0 Å². The summed E-state index contributed by atoms with van der Waals surface area (Å²) >= 11 is 11.1. The van der Waals surface area contributed by atoms with Crippen LogP contribution >= 0.6 is 38.9 Å². The normalized spacial score (nSPS) is 15.2. The summed E-state index contributed by atoms with van der Waals surface area (Å²) in [6, 6.07) is 10.0. The van der Waals surface area contributed by atoms with E-state index in [1.54, 1.807) is 48.9 Å². The molecule has 0 saturated carbocycles. The van der Waals surface area contributed by atoms with Gasteiger partial charge in [0.1, 0.15) is 17.5 Å². The summed E-state index contributed by atoms with van der Waals surface area (Å²) in [5.74, 6) is 0.655. The second-order valence-corrected chi connectivity index (χ2v) is 10.8. The van der Waals surface area contributed by atoms with Crippen molar-refractivity contribution in [3.8, 4) is 11.5 Å². The first kappa shape index (κ1) is 28.1. The van der Waals surface area contributed by atoms with Gasteiger partial charge in [-0.2, -0.15) is 0 Å². The molecular formula is C28H28BrClN2O5S. The number of thiazole rings is 1. The third kappa shape index (κ3) is 5.60. The van der Waals surface area contributed by atoms with E-state index < -0.39 is 12.0 Å². The second-order valence-electron chi connectivity index (χ2n) is 8.41. The summed E-state index contributed by atoms with van der Waals surface area (Å²) in [7, 11) is 1.56. The molecule has 0 amide bonds. The molecule has 0 unspecified atom stereocenters. The van der Waals surface area contributed by atoms with Gasteiger partial charge >= 0.3 is 5.97 Å². The first-order valence-electron chi connectivity index (χ1n) is 12.3. The van der Waals surface area contributed by atoms with E-state index in [-0.39, 0.29) is 12.2 Å². The Balaban J connectivity index is 2.05. The van der Waals surface area contributed by atoms with Crippen LogP contribution < -0.4 is 24.4 Å². The minimum absolute atomic E-state index is 0.198. The van der Waals surface area contributed by atoms with Gasteiger partial charge in [-0.3, -0.25) is 9.36 Å². The summed E-state index contributed by atoms with van der Waals surface area (Å²) in [6.45, 7) is 6.33. The number of carbonyl (C=O) groups excluding carboxylic acids is 1. The number of rotatable bonds is 9. The quantitative estimate of drug-likeness (QED) is 0.300. The van der Waals surface area contributed by atoms with Crippen LogP contribution in [0.25, 0.3) is 6.08 Å². The van der Waals surface area contributed by atoms with E-state index in [2.05, 4.69) is 15.9 Å². The van der Waals surface area contributed by atoms with Gasteiger partial charge in [0.25, 0.3) is 5.56 Å². The van der Waals surface area contributed by atoms with E-state index in [9.17, 15) is 9.59 Å². The zero-order valence-electron chi connectivity index (χ0n) is 21.5. The zero-order chi connectivity index (χ0) is 27.4. The van der Waals surface area contributed by atoms with E-state index in [0.29, 0.717) is 61.3 Å². The summed E-state index contributed by atoms with van der Waals surface area (Å²) < 4.78 is 19.7. The lowest BCUT2D eigenvalue weighted by atomic mass is 9.93. The fourth-order valence-electron chi connectivity index (χ4n) is 4.39. The predicted octanol–water partition coefficient (Wildman–Crippen LogP) is 5.40. The Labute approximate surface area is 238 Å². The molecule has 1 aliphatic heterocycles. The minimum Gasteiger partial charge on any atom is -0.496 e. The summed E-state index contributed by atoms with van der Waals surface area (Å²) in [5, 5.41) is 0.527. The van der Waals surface area contributed by atoms with Crippen molar-refractivity contribution >= 4 is 50.9 Å². The number of benzene rings is 2. The molecule has 1 atom stereocenters. The van der Waals surface area contributed by atoms with Crippen LogP contribution in [0.4, 0.5) is 0 Å². The highest BCUT2D eigenvalue weighted by Crippen LogP contribution is 2.38. The van der Waals surface area contributed by atoms with Crippen LogP contribution in [0.5, 0.6) is 11.5 Å². The highest BCUT2D eigenvalue weighted by Gasteiger charge is 2.36. The molecule has 200 valence electrons. The average molecular weight is 620 g/mol. The number of carbonyl (C=O) groups is 1. The van der Waals surface area contributed by atoms with Crippen molar-refractivity contribution in [2.75, 3.05) is 20.3 Å². The maximum Gasteiger partial charge on any atom is 0.338 e. The van der Waals surface area contributed by atoms with Crippen LogP contribution in [0.2, 0.25) is 5.02 Å². The molecule has 2 heterocycles.